The van der Waals surface area contributed by atoms with Gasteiger partial charge in [-0.15, -0.1) is 0 Å². The van der Waals surface area contributed by atoms with Gasteiger partial charge in [-0.3, -0.25) is 0 Å². The summed E-state index contributed by atoms with van der Waals surface area (Å²) in [7, 11) is 0. The molecule has 8 unspecified atom stereocenters. The normalized spacial score (nSPS) is 29.5. The Morgan fingerprint density at radius 1 is 0.457 bits per heavy atom. The van der Waals surface area contributed by atoms with Crippen molar-refractivity contribution < 1.29 is 0 Å². The first-order valence-corrected chi connectivity index (χ1v) is 26.1. The van der Waals surface area contributed by atoms with Crippen LogP contribution in [0.25, 0.3) is 59.6 Å². The quantitative estimate of drug-likeness (QED) is 0.142. The summed E-state index contributed by atoms with van der Waals surface area (Å²) in [6.07, 6.45) is 7.00. The molecule has 11 aromatic rings. The third kappa shape index (κ3) is 3.35. The van der Waals surface area contributed by atoms with E-state index < -0.39 is 0 Å². The maximum atomic E-state index is 11.4. The topological polar surface area (TPSA) is 52.0 Å². The lowest BCUT2D eigenvalue weighted by Gasteiger charge is -2.59. The molecule has 2 aromatic heterocycles. The van der Waals surface area contributed by atoms with Gasteiger partial charge in [0, 0.05) is 50.6 Å². The fraction of sp³-hybridized carbons (Fsp3) is 0.224. The Labute approximate surface area is 403 Å². The Bertz CT molecular complexity index is 4520. The number of nitriles is 2. The number of nitrogens with zero attached hydrogens (tertiary/aromatic N) is 3. The minimum absolute atomic E-state index is 0.00435. The number of fused-ring (bicyclic) bond motifs is 23. The molecule has 0 amide bonds. The molecule has 324 valence electrons. The van der Waals surface area contributed by atoms with Crippen LogP contribution in [0.1, 0.15) is 157 Å². The van der Waals surface area contributed by atoms with E-state index in [0.29, 0.717) is 17.3 Å². The van der Waals surface area contributed by atoms with Gasteiger partial charge in [0.15, 0.2) is 0 Å². The van der Waals surface area contributed by atoms with Gasteiger partial charge in [0.05, 0.1) is 39.8 Å². The van der Waals surface area contributed by atoms with Crippen LogP contribution in [0.4, 0.5) is 0 Å². The van der Waals surface area contributed by atoms with Crippen molar-refractivity contribution in [3.63, 3.8) is 0 Å². The molecule has 0 saturated heterocycles. The zero-order valence-corrected chi connectivity index (χ0v) is 38.3. The molecule has 0 radical (unpaired) electrons. The van der Waals surface area contributed by atoms with Crippen LogP contribution in [0.15, 0.2) is 140 Å². The summed E-state index contributed by atoms with van der Waals surface area (Å²) in [5.74, 6) is 3.54. The van der Waals surface area contributed by atoms with E-state index >= 15 is 0 Å². The van der Waals surface area contributed by atoms with E-state index in [9.17, 15) is 10.5 Å². The summed E-state index contributed by atoms with van der Waals surface area (Å²) < 4.78 is 2.53. The van der Waals surface area contributed by atoms with Crippen molar-refractivity contribution in [3.05, 3.63) is 229 Å². The highest BCUT2D eigenvalue weighted by Gasteiger charge is 2.71. The largest absolute Gasteiger partial charge is 0.308 e. The fourth-order valence-electron chi connectivity index (χ4n) is 19.7. The van der Waals surface area contributed by atoms with Gasteiger partial charge in [0.25, 0.3) is 0 Å². The van der Waals surface area contributed by atoms with Crippen molar-refractivity contribution in [2.24, 2.45) is 17.3 Å². The minimum atomic E-state index is -0.253. The molecule has 21 rings (SSSR count). The predicted molar refractivity (Wildman–Crippen MR) is 276 cm³/mol. The molecule has 9 aromatic carbocycles. The lowest BCUT2D eigenvalue weighted by Crippen LogP contribution is -2.53. The summed E-state index contributed by atoms with van der Waals surface area (Å²) >= 11 is 0. The van der Waals surface area contributed by atoms with Crippen LogP contribution in [0.2, 0.25) is 0 Å². The predicted octanol–water partition coefficient (Wildman–Crippen LogP) is 15.2. The lowest BCUT2D eigenvalue weighted by atomic mass is 9.42. The molecule has 10 aliphatic carbocycles. The number of rotatable bonds is 0. The molecular weight excluding hydrogens is 847 g/mol. The summed E-state index contributed by atoms with van der Waals surface area (Å²) in [5, 5.41) is 33.4. The minimum Gasteiger partial charge on any atom is -0.308 e. The van der Waals surface area contributed by atoms with E-state index in [1.54, 1.807) is 11.1 Å². The van der Waals surface area contributed by atoms with Gasteiger partial charge < -0.3 is 4.40 Å². The van der Waals surface area contributed by atoms with Crippen LogP contribution in [0, 0.1) is 39.9 Å². The van der Waals surface area contributed by atoms with E-state index in [4.69, 9.17) is 0 Å². The van der Waals surface area contributed by atoms with Gasteiger partial charge in [-0.05, 0) is 185 Å². The Hall–Kier alpha value is -7.72. The summed E-state index contributed by atoms with van der Waals surface area (Å²) in [6, 6.07) is 59.4. The van der Waals surface area contributed by atoms with Crippen molar-refractivity contribution in [2.75, 3.05) is 0 Å². The number of benzene rings is 9. The molecule has 10 aliphatic rings. The van der Waals surface area contributed by atoms with Crippen molar-refractivity contribution in [1.82, 2.24) is 4.40 Å². The highest BCUT2D eigenvalue weighted by molar-refractivity contribution is 6.35. The maximum absolute atomic E-state index is 11.4. The number of aromatic nitrogens is 1. The molecule has 8 atom stereocenters. The molecular formula is C67H41N3. The van der Waals surface area contributed by atoms with Gasteiger partial charge >= 0.3 is 0 Å². The maximum Gasteiger partial charge on any atom is 0.0995 e. The summed E-state index contributed by atoms with van der Waals surface area (Å²) in [4.78, 5) is 0. The monoisotopic (exact) mass is 887 g/mol. The smallest absolute Gasteiger partial charge is 0.0995 e. The van der Waals surface area contributed by atoms with Crippen molar-refractivity contribution in [3.8, 4) is 12.1 Å². The highest BCUT2D eigenvalue weighted by atomic mass is 14.9. The molecule has 70 heavy (non-hydrogen) atoms. The Kier molecular flexibility index (Phi) is 5.56. The first-order valence-electron chi connectivity index (χ1n) is 26.1. The molecule has 3 saturated carbocycles. The van der Waals surface area contributed by atoms with E-state index in [1.165, 1.54) is 147 Å². The molecule has 0 N–H and O–H groups in total. The van der Waals surface area contributed by atoms with Crippen LogP contribution in [-0.4, -0.2) is 4.40 Å². The second-order valence-electron chi connectivity index (χ2n) is 23.5. The van der Waals surface area contributed by atoms with E-state index in [1.807, 2.05) is 0 Å². The summed E-state index contributed by atoms with van der Waals surface area (Å²) in [6.45, 7) is 0. The molecule has 3 fully saturated rings. The zero-order chi connectivity index (χ0) is 45.0. The van der Waals surface area contributed by atoms with E-state index in [0.717, 1.165) is 34.0 Å². The van der Waals surface area contributed by atoms with Crippen molar-refractivity contribution in [2.45, 2.75) is 73.0 Å². The third-order valence-corrected chi connectivity index (χ3v) is 21.7. The second-order valence-corrected chi connectivity index (χ2v) is 23.5. The molecule has 2 heterocycles. The van der Waals surface area contributed by atoms with Crippen molar-refractivity contribution in [1.29, 1.82) is 10.5 Å². The zero-order valence-electron chi connectivity index (χ0n) is 38.3. The van der Waals surface area contributed by atoms with Crippen LogP contribution in [0.3, 0.4) is 0 Å². The first kappa shape index (κ1) is 35.4. The third-order valence-electron chi connectivity index (χ3n) is 21.7. The molecule has 3 nitrogen and oxygen atoms in total. The highest BCUT2D eigenvalue weighted by Crippen LogP contribution is 2.79. The van der Waals surface area contributed by atoms with E-state index in [2.05, 4.69) is 156 Å². The molecule has 2 spiro atoms. The van der Waals surface area contributed by atoms with Crippen LogP contribution in [0.5, 0.6) is 0 Å². The van der Waals surface area contributed by atoms with Gasteiger partial charge in [-0.2, -0.15) is 10.5 Å². The summed E-state index contributed by atoms with van der Waals surface area (Å²) in [5.41, 5.74) is 24.7. The van der Waals surface area contributed by atoms with Crippen molar-refractivity contribution >= 4 is 59.6 Å². The lowest BCUT2D eigenvalue weighted by molar-refractivity contribution is 0.00322. The Morgan fingerprint density at radius 3 is 1.73 bits per heavy atom. The molecule has 5 bridgehead atoms. The van der Waals surface area contributed by atoms with Crippen LogP contribution >= 0.6 is 0 Å². The number of hydrogen-bond donors (Lipinski definition) is 0. The van der Waals surface area contributed by atoms with Gasteiger partial charge in [-0.1, -0.05) is 115 Å². The standard InChI is InChI=1S/C67H41N3/c68-29-34-22-52-58(61-54(34)56-38-9-1-3-11-40(38)57(61)41-12-4-2-10-39(41)56)50-26-49-42(18-17-31-21-46-32-19-36-24-37-20-33(28-66(36,37)27-32)48(46)25-47(31)49)59-60-53(70(52)65(50)59)23-35(30-69)55-63-44-14-6-5-13-43(44)62-45-15-7-8-16-51(45)67(62,63)64(55)60/h1-18,21-23,25-26,32-33,36-37,56-57,62-63H,19-20,24,27-28H2. The SMILES string of the molecule is N#Cc1cc2c(c3c1C1c4ccccc4C3c3ccccc31)c1cc3c4cc5c(cc4ccc3c3c4c6c(c(C#N)cc4n2c13)C1c2ccccc2C2c3ccccc3C621)C1CC2CC3CC5CC23C1. The van der Waals surface area contributed by atoms with Gasteiger partial charge in [-0.25, -0.2) is 0 Å². The van der Waals surface area contributed by atoms with Crippen LogP contribution < -0.4 is 0 Å². The molecule has 0 aliphatic heterocycles. The second kappa shape index (κ2) is 11.0. The average Bonchev–Trinajstić information content (AvgIpc) is 4.12. The average molecular weight is 888 g/mol. The fourth-order valence-corrected chi connectivity index (χ4v) is 19.7. The van der Waals surface area contributed by atoms with Gasteiger partial charge in [0.2, 0.25) is 0 Å². The van der Waals surface area contributed by atoms with E-state index in [-0.39, 0.29) is 29.1 Å². The van der Waals surface area contributed by atoms with Crippen LogP contribution in [-0.2, 0) is 5.41 Å². The van der Waals surface area contributed by atoms with Gasteiger partial charge in [0.1, 0.15) is 0 Å². The number of hydrogen-bond acceptors (Lipinski definition) is 2. The molecule has 3 heteroatoms. The first-order chi connectivity index (χ1) is 34.6. The Morgan fingerprint density at radius 2 is 1.04 bits per heavy atom. The Balaban J connectivity index is 0.993.